The van der Waals surface area contributed by atoms with Gasteiger partial charge in [0.1, 0.15) is 17.4 Å². The van der Waals surface area contributed by atoms with Crippen LogP contribution in [0.15, 0.2) is 29.6 Å². The van der Waals surface area contributed by atoms with E-state index in [1.54, 1.807) is 24.3 Å². The molecule has 22 heavy (non-hydrogen) atoms. The molecule has 2 rings (SSSR count). The molecule has 0 aliphatic carbocycles. The number of benzene rings is 1. The van der Waals surface area contributed by atoms with Crippen LogP contribution in [0, 0.1) is 0 Å². The van der Waals surface area contributed by atoms with Crippen LogP contribution in [0.5, 0.6) is 5.75 Å². The predicted molar refractivity (Wildman–Crippen MR) is 88.3 cm³/mol. The molecule has 0 unspecified atom stereocenters. The third-order valence-corrected chi connectivity index (χ3v) is 4.00. The molecule has 7 heteroatoms. The molecule has 0 bridgehead atoms. The summed E-state index contributed by atoms with van der Waals surface area (Å²) >= 11 is 7.29. The van der Waals surface area contributed by atoms with Crippen molar-refractivity contribution in [1.29, 1.82) is 0 Å². The van der Waals surface area contributed by atoms with Gasteiger partial charge in [-0.3, -0.25) is 4.79 Å². The summed E-state index contributed by atoms with van der Waals surface area (Å²) in [5.41, 5.74) is 6.21. The van der Waals surface area contributed by atoms with Crippen molar-refractivity contribution in [2.75, 3.05) is 6.54 Å². The normalized spacial score (nSPS) is 12.0. The van der Waals surface area contributed by atoms with Gasteiger partial charge in [-0.25, -0.2) is 4.98 Å². The second-order valence-electron chi connectivity index (χ2n) is 4.86. The first-order chi connectivity index (χ1) is 10.6. The lowest BCUT2D eigenvalue weighted by Gasteiger charge is -2.10. The molecule has 5 nitrogen and oxygen atoms in total. The molecule has 1 aromatic heterocycles. The Morgan fingerprint density at radius 3 is 2.86 bits per heavy atom. The number of carbonyl (C=O) groups excluding carboxylic acids is 1. The fourth-order valence-electron chi connectivity index (χ4n) is 1.72. The zero-order valence-corrected chi connectivity index (χ0v) is 13.8. The lowest BCUT2D eigenvalue weighted by Crippen LogP contribution is -2.38. The van der Waals surface area contributed by atoms with Crippen molar-refractivity contribution in [1.82, 2.24) is 10.3 Å². The molecular weight excluding hydrogens is 322 g/mol. The van der Waals surface area contributed by atoms with E-state index in [1.807, 2.05) is 12.3 Å². The van der Waals surface area contributed by atoms with Crippen molar-refractivity contribution in [2.45, 2.75) is 26.0 Å². The van der Waals surface area contributed by atoms with E-state index in [9.17, 15) is 4.79 Å². The van der Waals surface area contributed by atoms with Gasteiger partial charge >= 0.3 is 0 Å². The summed E-state index contributed by atoms with van der Waals surface area (Å²) in [5.74, 6) is 0.657. The molecule has 0 aliphatic rings. The van der Waals surface area contributed by atoms with Crippen LogP contribution in [-0.2, 0) is 17.8 Å². The van der Waals surface area contributed by atoms with Crippen LogP contribution in [0.25, 0.3) is 0 Å². The Labute approximate surface area is 138 Å². The number of halogens is 1. The number of rotatable bonds is 7. The monoisotopic (exact) mass is 339 g/mol. The topological polar surface area (TPSA) is 77.2 Å². The zero-order valence-electron chi connectivity index (χ0n) is 12.2. The number of amides is 1. The molecule has 0 spiro atoms. The number of carbonyl (C=O) groups is 1. The predicted octanol–water partition coefficient (Wildman–Crippen LogP) is 2.38. The van der Waals surface area contributed by atoms with Crippen LogP contribution < -0.4 is 15.8 Å². The fourth-order valence-corrected chi connectivity index (χ4v) is 2.55. The van der Waals surface area contributed by atoms with E-state index in [0.717, 1.165) is 16.5 Å². The van der Waals surface area contributed by atoms with Gasteiger partial charge in [0.25, 0.3) is 0 Å². The Morgan fingerprint density at radius 2 is 2.18 bits per heavy atom. The molecule has 0 radical (unpaired) electrons. The van der Waals surface area contributed by atoms with E-state index in [2.05, 4.69) is 10.3 Å². The first kappa shape index (κ1) is 16.7. The molecule has 1 aromatic carbocycles. The number of aromatic nitrogens is 1. The highest BCUT2D eigenvalue weighted by molar-refractivity contribution is 7.09. The molecule has 1 heterocycles. The molecule has 3 N–H and O–H groups in total. The molecule has 118 valence electrons. The number of ether oxygens (including phenoxy) is 1. The Balaban J connectivity index is 1.83. The average molecular weight is 340 g/mol. The van der Waals surface area contributed by atoms with E-state index in [-0.39, 0.29) is 18.4 Å². The zero-order chi connectivity index (χ0) is 15.9. The number of hydrogen-bond donors (Lipinski definition) is 2. The van der Waals surface area contributed by atoms with E-state index < -0.39 is 0 Å². The van der Waals surface area contributed by atoms with Crippen LogP contribution in [0.4, 0.5) is 0 Å². The van der Waals surface area contributed by atoms with Crippen LogP contribution in [0.2, 0.25) is 5.02 Å². The molecule has 2 aromatic rings. The van der Waals surface area contributed by atoms with Gasteiger partial charge in [0, 0.05) is 23.0 Å². The maximum Gasteiger partial charge on any atom is 0.226 e. The second kappa shape index (κ2) is 8.12. The maximum atomic E-state index is 11.8. The van der Waals surface area contributed by atoms with E-state index in [0.29, 0.717) is 18.2 Å². The van der Waals surface area contributed by atoms with Crippen molar-refractivity contribution in [3.05, 3.63) is 45.4 Å². The van der Waals surface area contributed by atoms with Gasteiger partial charge < -0.3 is 15.8 Å². The summed E-state index contributed by atoms with van der Waals surface area (Å²) in [5, 5.41) is 6.17. The number of nitrogens with zero attached hydrogens (tertiary/aromatic N) is 1. The first-order valence-electron chi connectivity index (χ1n) is 6.88. The summed E-state index contributed by atoms with van der Waals surface area (Å²) in [6.45, 7) is 2.65. The van der Waals surface area contributed by atoms with Crippen molar-refractivity contribution in [3.8, 4) is 5.75 Å². The first-order valence-corrected chi connectivity index (χ1v) is 8.13. The molecule has 0 fully saturated rings. The summed E-state index contributed by atoms with van der Waals surface area (Å²) in [6, 6.07) is 7.12. The van der Waals surface area contributed by atoms with Crippen molar-refractivity contribution >= 4 is 28.8 Å². The Morgan fingerprint density at radius 1 is 1.45 bits per heavy atom. The van der Waals surface area contributed by atoms with Gasteiger partial charge in [0.15, 0.2) is 0 Å². The minimum atomic E-state index is -0.0755. The quantitative estimate of drug-likeness (QED) is 0.812. The van der Waals surface area contributed by atoms with Gasteiger partial charge in [-0.1, -0.05) is 11.6 Å². The number of nitrogens with one attached hydrogen (secondary N) is 1. The van der Waals surface area contributed by atoms with Crippen molar-refractivity contribution in [3.63, 3.8) is 0 Å². The number of nitrogens with two attached hydrogens (primary N) is 1. The molecule has 0 aliphatic heterocycles. The number of hydrogen-bond acceptors (Lipinski definition) is 5. The molecule has 1 atom stereocenters. The summed E-state index contributed by atoms with van der Waals surface area (Å²) < 4.78 is 5.62. The van der Waals surface area contributed by atoms with Gasteiger partial charge in [0.05, 0.1) is 12.1 Å². The highest BCUT2D eigenvalue weighted by Crippen LogP contribution is 2.18. The van der Waals surface area contributed by atoms with Crippen LogP contribution in [0.3, 0.4) is 0 Å². The molecular formula is C15H18ClN3O2S. The molecule has 0 saturated carbocycles. The summed E-state index contributed by atoms with van der Waals surface area (Å²) in [6.07, 6.45) is 0.252. The van der Waals surface area contributed by atoms with Crippen molar-refractivity contribution < 1.29 is 9.53 Å². The summed E-state index contributed by atoms with van der Waals surface area (Å²) in [4.78, 5) is 16.1. The van der Waals surface area contributed by atoms with Gasteiger partial charge in [0.2, 0.25) is 5.91 Å². The minimum Gasteiger partial charge on any atom is -0.486 e. The smallest absolute Gasteiger partial charge is 0.226 e. The highest BCUT2D eigenvalue weighted by atomic mass is 35.5. The minimum absolute atomic E-state index is 0.0288. The van der Waals surface area contributed by atoms with Crippen LogP contribution in [-0.4, -0.2) is 23.5 Å². The molecule has 0 saturated heterocycles. The third-order valence-electron chi connectivity index (χ3n) is 2.88. The van der Waals surface area contributed by atoms with Gasteiger partial charge in [-0.05, 0) is 31.2 Å². The highest BCUT2D eigenvalue weighted by Gasteiger charge is 2.10. The van der Waals surface area contributed by atoms with E-state index >= 15 is 0 Å². The third kappa shape index (κ3) is 5.29. The molecule has 1 amide bonds. The van der Waals surface area contributed by atoms with Crippen LogP contribution in [0.1, 0.15) is 17.6 Å². The standard InChI is InChI=1S/C15H18ClN3O2S/c1-10(7-17)18-14(20)6-12-9-22-15(19-12)8-21-13-4-2-11(16)3-5-13/h2-5,9-10H,6-8,17H2,1H3,(H,18,20)/t10-/m0/s1. The Hall–Kier alpha value is -1.63. The fraction of sp³-hybridized carbons (Fsp3) is 0.333. The van der Waals surface area contributed by atoms with Gasteiger partial charge in [-0.2, -0.15) is 0 Å². The van der Waals surface area contributed by atoms with Crippen LogP contribution >= 0.6 is 22.9 Å². The van der Waals surface area contributed by atoms with E-state index in [1.165, 1.54) is 11.3 Å². The van der Waals surface area contributed by atoms with Crippen molar-refractivity contribution in [2.24, 2.45) is 5.73 Å². The summed E-state index contributed by atoms with van der Waals surface area (Å²) in [7, 11) is 0. The Bertz CT molecular complexity index is 616. The lowest BCUT2D eigenvalue weighted by molar-refractivity contribution is -0.121. The second-order valence-corrected chi connectivity index (χ2v) is 6.24. The maximum absolute atomic E-state index is 11.8. The van der Waals surface area contributed by atoms with Gasteiger partial charge in [-0.15, -0.1) is 11.3 Å². The van der Waals surface area contributed by atoms with E-state index in [4.69, 9.17) is 22.1 Å². The lowest BCUT2D eigenvalue weighted by atomic mass is 10.3. The Kier molecular flexibility index (Phi) is 6.18. The average Bonchev–Trinajstić information content (AvgIpc) is 2.93. The SMILES string of the molecule is C[C@@H](CN)NC(=O)Cc1csc(COc2ccc(Cl)cc2)n1. The number of thiazole rings is 1. The largest absolute Gasteiger partial charge is 0.486 e.